The van der Waals surface area contributed by atoms with Crippen molar-refractivity contribution in [2.45, 2.75) is 45.2 Å². The highest BCUT2D eigenvalue weighted by Crippen LogP contribution is 2.45. The molecule has 2 aliphatic rings. The number of rotatable bonds is 6. The quantitative estimate of drug-likeness (QED) is 0.862. The third-order valence-corrected chi connectivity index (χ3v) is 4.48. The molecule has 2 aliphatic carbocycles. The van der Waals surface area contributed by atoms with E-state index in [1.165, 1.54) is 36.9 Å². The average molecular weight is 272 g/mol. The lowest BCUT2D eigenvalue weighted by Gasteiger charge is -2.20. The lowest BCUT2D eigenvalue weighted by atomic mass is 10.1. The summed E-state index contributed by atoms with van der Waals surface area (Å²) in [6, 6.07) is 9.19. The summed E-state index contributed by atoms with van der Waals surface area (Å²) in [4.78, 5) is 13.1. The van der Waals surface area contributed by atoms with Gasteiger partial charge in [0.05, 0.1) is 0 Å². The Kier molecular flexibility index (Phi) is 3.68. The first-order chi connectivity index (χ1) is 9.63. The molecule has 3 nitrogen and oxygen atoms in total. The Morgan fingerprint density at radius 2 is 1.95 bits per heavy atom. The molecule has 1 N–H and O–H groups in total. The number of benzene rings is 1. The minimum Gasteiger partial charge on any atom is -0.382 e. The van der Waals surface area contributed by atoms with E-state index < -0.39 is 0 Å². The molecule has 0 unspecified atom stereocenters. The maximum atomic E-state index is 11.3. The minimum absolute atomic E-state index is 0.109. The van der Waals surface area contributed by atoms with Gasteiger partial charge in [-0.3, -0.25) is 4.79 Å². The Balaban J connectivity index is 1.65. The zero-order valence-electron chi connectivity index (χ0n) is 12.4. The molecule has 1 aromatic rings. The molecule has 1 amide bonds. The van der Waals surface area contributed by atoms with Gasteiger partial charge < -0.3 is 10.2 Å². The summed E-state index contributed by atoms with van der Waals surface area (Å²) in [7, 11) is 1.85. The second kappa shape index (κ2) is 5.47. The number of nitrogens with zero attached hydrogens (tertiary/aromatic N) is 1. The smallest absolute Gasteiger partial charge is 0.219 e. The van der Waals surface area contributed by atoms with Crippen molar-refractivity contribution in [1.29, 1.82) is 0 Å². The van der Waals surface area contributed by atoms with Crippen molar-refractivity contribution < 1.29 is 4.79 Å². The largest absolute Gasteiger partial charge is 0.382 e. The summed E-state index contributed by atoms with van der Waals surface area (Å²) >= 11 is 0. The third kappa shape index (κ3) is 3.33. The van der Waals surface area contributed by atoms with Gasteiger partial charge in [-0.25, -0.2) is 0 Å². The Labute approximate surface area is 121 Å². The predicted octanol–water partition coefficient (Wildman–Crippen LogP) is 3.27. The summed E-state index contributed by atoms with van der Waals surface area (Å²) in [5.74, 6) is 1.90. The van der Waals surface area contributed by atoms with Gasteiger partial charge in [-0.05, 0) is 55.2 Å². The van der Waals surface area contributed by atoms with Gasteiger partial charge in [-0.15, -0.1) is 0 Å². The third-order valence-electron chi connectivity index (χ3n) is 4.48. The average Bonchev–Trinajstić information content (AvgIpc) is 3.28. The topological polar surface area (TPSA) is 32.3 Å². The van der Waals surface area contributed by atoms with Crippen molar-refractivity contribution in [3.8, 4) is 0 Å². The molecule has 0 atom stereocenters. The van der Waals surface area contributed by atoms with E-state index in [2.05, 4.69) is 29.6 Å². The van der Waals surface area contributed by atoms with Crippen LogP contribution in [0.2, 0.25) is 0 Å². The first kappa shape index (κ1) is 13.5. The van der Waals surface area contributed by atoms with Crippen LogP contribution in [0.5, 0.6) is 0 Å². The molecule has 108 valence electrons. The van der Waals surface area contributed by atoms with E-state index in [0.29, 0.717) is 12.6 Å². The number of carbonyl (C=O) groups is 1. The van der Waals surface area contributed by atoms with Gasteiger partial charge in [0.15, 0.2) is 0 Å². The highest BCUT2D eigenvalue weighted by molar-refractivity contribution is 5.72. The minimum atomic E-state index is 0.109. The number of anilines is 1. The summed E-state index contributed by atoms with van der Waals surface area (Å²) in [5.41, 5.74) is 2.40. The van der Waals surface area contributed by atoms with Crippen LogP contribution >= 0.6 is 0 Å². The molecular formula is C17H24N2O. The van der Waals surface area contributed by atoms with Gasteiger partial charge in [0.25, 0.3) is 0 Å². The van der Waals surface area contributed by atoms with Crippen LogP contribution < -0.4 is 5.32 Å². The van der Waals surface area contributed by atoms with Crippen LogP contribution in [0.25, 0.3) is 0 Å². The number of nitrogens with one attached hydrogen (secondary N) is 1. The fourth-order valence-electron chi connectivity index (χ4n) is 2.87. The van der Waals surface area contributed by atoms with E-state index in [1.807, 2.05) is 7.05 Å². The first-order valence-electron chi connectivity index (χ1n) is 7.70. The van der Waals surface area contributed by atoms with Crippen molar-refractivity contribution in [3.05, 3.63) is 29.8 Å². The zero-order chi connectivity index (χ0) is 14.1. The molecule has 3 rings (SSSR count). The molecule has 0 saturated heterocycles. The second-order valence-corrected chi connectivity index (χ2v) is 6.42. The van der Waals surface area contributed by atoms with E-state index in [1.54, 1.807) is 11.8 Å². The monoisotopic (exact) mass is 272 g/mol. The van der Waals surface area contributed by atoms with Crippen molar-refractivity contribution in [2.24, 2.45) is 11.8 Å². The van der Waals surface area contributed by atoms with E-state index in [4.69, 9.17) is 0 Å². The molecule has 0 aromatic heterocycles. The van der Waals surface area contributed by atoms with Crippen LogP contribution in [0.15, 0.2) is 24.3 Å². The summed E-state index contributed by atoms with van der Waals surface area (Å²) in [6.07, 6.45) is 5.56. The molecule has 0 bridgehead atoms. The van der Waals surface area contributed by atoms with Crippen LogP contribution in [-0.4, -0.2) is 23.9 Å². The Morgan fingerprint density at radius 1 is 1.30 bits per heavy atom. The fraction of sp³-hybridized carbons (Fsp3) is 0.588. The number of hydrogen-bond donors (Lipinski definition) is 1. The molecule has 2 fully saturated rings. The zero-order valence-corrected chi connectivity index (χ0v) is 12.4. The van der Waals surface area contributed by atoms with Crippen LogP contribution in [0.3, 0.4) is 0 Å². The maximum Gasteiger partial charge on any atom is 0.219 e. The normalized spacial score (nSPS) is 18.1. The van der Waals surface area contributed by atoms with Crippen LogP contribution in [-0.2, 0) is 11.3 Å². The lowest BCUT2D eigenvalue weighted by molar-refractivity contribution is -0.128. The van der Waals surface area contributed by atoms with Crippen molar-refractivity contribution in [2.75, 3.05) is 12.4 Å². The molecule has 0 radical (unpaired) electrons. The number of carbonyl (C=O) groups excluding carboxylic acids is 1. The molecule has 0 aliphatic heterocycles. The number of hydrogen-bond acceptors (Lipinski definition) is 2. The molecule has 3 heteroatoms. The molecule has 20 heavy (non-hydrogen) atoms. The molecule has 2 saturated carbocycles. The van der Waals surface area contributed by atoms with Gasteiger partial charge >= 0.3 is 0 Å². The van der Waals surface area contributed by atoms with Crippen LogP contribution in [0.4, 0.5) is 5.69 Å². The Bertz CT molecular complexity index is 480. The van der Waals surface area contributed by atoms with Crippen molar-refractivity contribution in [1.82, 2.24) is 4.90 Å². The standard InChI is InChI=1S/C17H24N2O/c1-12(20)19(2)11-13-4-3-5-16(10-13)18-17(14-6-7-14)15-8-9-15/h3-5,10,14-15,17-18H,6-9,11H2,1-2H3. The predicted molar refractivity (Wildman–Crippen MR) is 81.4 cm³/mol. The van der Waals surface area contributed by atoms with E-state index in [-0.39, 0.29) is 5.91 Å². The van der Waals surface area contributed by atoms with Gasteiger partial charge in [0.2, 0.25) is 5.91 Å². The molecule has 0 heterocycles. The second-order valence-electron chi connectivity index (χ2n) is 6.42. The van der Waals surface area contributed by atoms with Gasteiger partial charge in [-0.2, -0.15) is 0 Å². The lowest BCUT2D eigenvalue weighted by Crippen LogP contribution is -2.25. The Hall–Kier alpha value is -1.51. The summed E-state index contributed by atoms with van der Waals surface area (Å²) < 4.78 is 0. The molecule has 1 aromatic carbocycles. The summed E-state index contributed by atoms with van der Waals surface area (Å²) in [5, 5.41) is 3.74. The SMILES string of the molecule is CC(=O)N(C)Cc1cccc(NC(C2CC2)C2CC2)c1. The van der Waals surface area contributed by atoms with E-state index in [0.717, 1.165) is 11.8 Å². The maximum absolute atomic E-state index is 11.3. The molecule has 0 spiro atoms. The van der Waals surface area contributed by atoms with Crippen molar-refractivity contribution >= 4 is 11.6 Å². The van der Waals surface area contributed by atoms with E-state index in [9.17, 15) is 4.79 Å². The highest BCUT2D eigenvalue weighted by atomic mass is 16.2. The van der Waals surface area contributed by atoms with E-state index >= 15 is 0 Å². The Morgan fingerprint density at radius 3 is 2.50 bits per heavy atom. The van der Waals surface area contributed by atoms with Crippen LogP contribution in [0, 0.1) is 11.8 Å². The first-order valence-corrected chi connectivity index (χ1v) is 7.70. The fourth-order valence-corrected chi connectivity index (χ4v) is 2.87. The highest BCUT2D eigenvalue weighted by Gasteiger charge is 2.41. The molecular weight excluding hydrogens is 248 g/mol. The van der Waals surface area contributed by atoms with Gasteiger partial charge in [0, 0.05) is 32.2 Å². The van der Waals surface area contributed by atoms with Crippen molar-refractivity contribution in [3.63, 3.8) is 0 Å². The number of amides is 1. The van der Waals surface area contributed by atoms with Gasteiger partial charge in [-0.1, -0.05) is 12.1 Å². The summed E-state index contributed by atoms with van der Waals surface area (Å²) in [6.45, 7) is 2.29. The van der Waals surface area contributed by atoms with Crippen LogP contribution in [0.1, 0.15) is 38.2 Å². The van der Waals surface area contributed by atoms with Gasteiger partial charge in [0.1, 0.15) is 0 Å².